The standard InChI is InChI=1S/C25H40O5/c1-22-8-9-25(29-12-13-30-25)14-16(22)4-5-17-18-6-7-20(24(3)27-10-11-28-24)23(18,2)15-19(26)21(17)22/h16-21,26H,4-15H2,1-3H3/t16-,17+,18-,19+,20-,21+,22+,23+/m0/s1. The van der Waals surface area contributed by atoms with Gasteiger partial charge in [0.05, 0.1) is 32.5 Å². The lowest BCUT2D eigenvalue weighted by molar-refractivity contribution is -0.254. The summed E-state index contributed by atoms with van der Waals surface area (Å²) in [7, 11) is 0. The molecule has 8 atom stereocenters. The summed E-state index contributed by atoms with van der Waals surface area (Å²) in [5.74, 6) is 1.89. The van der Waals surface area contributed by atoms with E-state index in [1.54, 1.807) is 0 Å². The Labute approximate surface area is 181 Å². The van der Waals surface area contributed by atoms with Crippen LogP contribution >= 0.6 is 0 Å². The predicted molar refractivity (Wildman–Crippen MR) is 112 cm³/mol. The molecule has 2 saturated heterocycles. The van der Waals surface area contributed by atoms with Gasteiger partial charge in [0, 0.05) is 18.8 Å². The van der Waals surface area contributed by atoms with Gasteiger partial charge in [-0.15, -0.1) is 0 Å². The first kappa shape index (κ1) is 20.4. The summed E-state index contributed by atoms with van der Waals surface area (Å²) in [6, 6.07) is 0. The molecule has 4 saturated carbocycles. The second-order valence-electron chi connectivity index (χ2n) is 12.0. The minimum atomic E-state index is -0.467. The predicted octanol–water partition coefficient (Wildman–Crippen LogP) is 4.12. The second kappa shape index (κ2) is 6.66. The van der Waals surface area contributed by atoms with E-state index in [0.29, 0.717) is 42.8 Å². The summed E-state index contributed by atoms with van der Waals surface area (Å²) in [6.45, 7) is 9.96. The SMILES string of the molecule is CC1([C@H]2CC[C@H]3[C@H]4CC[C@H]5CC6(CC[C@@]5(C)[C@H]4[C@H](O)C[C@@]23C)OCCO6)OCCO1. The highest BCUT2D eigenvalue weighted by Crippen LogP contribution is 2.69. The zero-order valence-electron chi connectivity index (χ0n) is 19.0. The van der Waals surface area contributed by atoms with Gasteiger partial charge in [-0.25, -0.2) is 0 Å². The Morgan fingerprint density at radius 3 is 2.17 bits per heavy atom. The zero-order valence-corrected chi connectivity index (χ0v) is 19.0. The van der Waals surface area contributed by atoms with Crippen molar-refractivity contribution in [2.24, 2.45) is 40.4 Å². The number of aliphatic hydroxyl groups is 1. The van der Waals surface area contributed by atoms with Crippen LogP contribution in [0.4, 0.5) is 0 Å². The molecular formula is C25H40O5. The van der Waals surface area contributed by atoms with Crippen LogP contribution in [0.3, 0.4) is 0 Å². The summed E-state index contributed by atoms with van der Waals surface area (Å²) < 4.78 is 24.5. The number of ether oxygens (including phenoxy) is 4. The van der Waals surface area contributed by atoms with Gasteiger partial charge in [0.15, 0.2) is 11.6 Å². The molecule has 2 aliphatic heterocycles. The van der Waals surface area contributed by atoms with Crippen LogP contribution in [0, 0.1) is 40.4 Å². The molecule has 6 aliphatic rings. The first-order chi connectivity index (χ1) is 14.3. The Hall–Kier alpha value is -0.200. The first-order valence-corrected chi connectivity index (χ1v) is 12.5. The molecule has 170 valence electrons. The van der Waals surface area contributed by atoms with Gasteiger partial charge in [0.2, 0.25) is 0 Å². The minimum absolute atomic E-state index is 0.108. The summed E-state index contributed by atoms with van der Waals surface area (Å²) in [5, 5.41) is 11.7. The van der Waals surface area contributed by atoms with Gasteiger partial charge in [-0.1, -0.05) is 13.8 Å². The number of hydrogen-bond donors (Lipinski definition) is 1. The van der Waals surface area contributed by atoms with Gasteiger partial charge in [-0.2, -0.15) is 0 Å². The summed E-state index contributed by atoms with van der Waals surface area (Å²) >= 11 is 0. The van der Waals surface area contributed by atoms with E-state index in [1.807, 2.05) is 0 Å². The van der Waals surface area contributed by atoms with E-state index in [4.69, 9.17) is 18.9 Å². The van der Waals surface area contributed by atoms with Crippen molar-refractivity contribution in [1.29, 1.82) is 0 Å². The van der Waals surface area contributed by atoms with E-state index in [0.717, 1.165) is 38.9 Å². The smallest absolute Gasteiger partial charge is 0.169 e. The van der Waals surface area contributed by atoms with E-state index in [9.17, 15) is 5.11 Å². The second-order valence-corrected chi connectivity index (χ2v) is 12.0. The van der Waals surface area contributed by atoms with Crippen LogP contribution in [0.1, 0.15) is 72.1 Å². The largest absolute Gasteiger partial charge is 0.393 e. The van der Waals surface area contributed by atoms with E-state index < -0.39 is 5.79 Å². The molecule has 1 N–H and O–H groups in total. The van der Waals surface area contributed by atoms with E-state index in [-0.39, 0.29) is 22.7 Å². The summed E-state index contributed by atoms with van der Waals surface area (Å²) in [4.78, 5) is 0. The Bertz CT molecular complexity index is 683. The van der Waals surface area contributed by atoms with Gasteiger partial charge in [-0.05, 0) is 80.0 Å². The Balaban J connectivity index is 1.28. The van der Waals surface area contributed by atoms with Crippen molar-refractivity contribution in [2.45, 2.75) is 89.8 Å². The number of hydrogen-bond acceptors (Lipinski definition) is 5. The van der Waals surface area contributed by atoms with E-state index in [1.165, 1.54) is 25.7 Å². The molecule has 0 aromatic carbocycles. The average Bonchev–Trinajstić information content (AvgIpc) is 3.41. The lowest BCUT2D eigenvalue weighted by atomic mass is 9.43. The maximum atomic E-state index is 11.7. The van der Waals surface area contributed by atoms with Crippen LogP contribution in [-0.4, -0.2) is 49.2 Å². The maximum absolute atomic E-state index is 11.7. The molecule has 1 spiro atoms. The highest BCUT2D eigenvalue weighted by atomic mass is 16.7. The fourth-order valence-corrected chi connectivity index (χ4v) is 9.67. The minimum Gasteiger partial charge on any atom is -0.393 e. The number of fused-ring (bicyclic) bond motifs is 5. The maximum Gasteiger partial charge on any atom is 0.169 e. The highest BCUT2D eigenvalue weighted by Gasteiger charge is 2.67. The van der Waals surface area contributed by atoms with Gasteiger partial charge in [0.1, 0.15) is 0 Å². The molecule has 0 bridgehead atoms. The van der Waals surface area contributed by atoms with Crippen molar-refractivity contribution < 1.29 is 24.1 Å². The molecule has 0 amide bonds. The molecule has 6 rings (SSSR count). The quantitative estimate of drug-likeness (QED) is 0.691. The van der Waals surface area contributed by atoms with Crippen LogP contribution in [-0.2, 0) is 18.9 Å². The van der Waals surface area contributed by atoms with Crippen molar-refractivity contribution in [3.05, 3.63) is 0 Å². The normalized spacial score (nSPS) is 54.0. The molecular weight excluding hydrogens is 380 g/mol. The van der Waals surface area contributed by atoms with Crippen molar-refractivity contribution in [3.8, 4) is 0 Å². The third-order valence-electron chi connectivity index (χ3n) is 10.9. The Kier molecular flexibility index (Phi) is 4.53. The summed E-state index contributed by atoms with van der Waals surface area (Å²) in [5.41, 5.74) is 0.309. The molecule has 0 aromatic heterocycles. The Morgan fingerprint density at radius 1 is 0.733 bits per heavy atom. The fraction of sp³-hybridized carbons (Fsp3) is 1.00. The lowest BCUT2D eigenvalue weighted by Crippen LogP contribution is -2.61. The van der Waals surface area contributed by atoms with Gasteiger partial charge in [-0.3, -0.25) is 0 Å². The van der Waals surface area contributed by atoms with E-state index >= 15 is 0 Å². The molecule has 5 nitrogen and oxygen atoms in total. The topological polar surface area (TPSA) is 57.2 Å². The molecule has 2 heterocycles. The molecule has 30 heavy (non-hydrogen) atoms. The molecule has 0 unspecified atom stereocenters. The molecule has 4 aliphatic carbocycles. The monoisotopic (exact) mass is 420 g/mol. The first-order valence-electron chi connectivity index (χ1n) is 12.5. The molecule has 5 heteroatoms. The van der Waals surface area contributed by atoms with Crippen LogP contribution < -0.4 is 0 Å². The van der Waals surface area contributed by atoms with Crippen molar-refractivity contribution in [1.82, 2.24) is 0 Å². The van der Waals surface area contributed by atoms with Crippen molar-refractivity contribution in [2.75, 3.05) is 26.4 Å². The highest BCUT2D eigenvalue weighted by molar-refractivity contribution is 5.14. The molecule has 0 radical (unpaired) electrons. The van der Waals surface area contributed by atoms with Crippen molar-refractivity contribution in [3.63, 3.8) is 0 Å². The zero-order chi connectivity index (χ0) is 20.8. The lowest BCUT2D eigenvalue weighted by Gasteiger charge is -2.63. The third-order valence-corrected chi connectivity index (χ3v) is 10.9. The van der Waals surface area contributed by atoms with Gasteiger partial charge in [0.25, 0.3) is 0 Å². The molecule has 0 aromatic rings. The number of aliphatic hydroxyl groups excluding tert-OH is 1. The summed E-state index contributed by atoms with van der Waals surface area (Å²) in [6.07, 6.45) is 8.70. The Morgan fingerprint density at radius 2 is 1.43 bits per heavy atom. The average molecular weight is 421 g/mol. The fourth-order valence-electron chi connectivity index (χ4n) is 9.67. The molecule has 6 fully saturated rings. The van der Waals surface area contributed by atoms with Crippen molar-refractivity contribution >= 4 is 0 Å². The van der Waals surface area contributed by atoms with Gasteiger partial charge >= 0.3 is 0 Å². The van der Waals surface area contributed by atoms with Crippen LogP contribution in [0.5, 0.6) is 0 Å². The van der Waals surface area contributed by atoms with E-state index in [2.05, 4.69) is 20.8 Å². The van der Waals surface area contributed by atoms with Crippen LogP contribution in [0.15, 0.2) is 0 Å². The van der Waals surface area contributed by atoms with Gasteiger partial charge < -0.3 is 24.1 Å². The van der Waals surface area contributed by atoms with Crippen LogP contribution in [0.2, 0.25) is 0 Å². The van der Waals surface area contributed by atoms with Crippen LogP contribution in [0.25, 0.3) is 0 Å². The number of rotatable bonds is 1. The third kappa shape index (κ3) is 2.65.